The lowest BCUT2D eigenvalue weighted by Crippen LogP contribution is -2.13. The highest BCUT2D eigenvalue weighted by molar-refractivity contribution is 7.99. The van der Waals surface area contributed by atoms with Gasteiger partial charge in [0.1, 0.15) is 5.82 Å². The predicted molar refractivity (Wildman–Crippen MR) is 84.6 cm³/mol. The van der Waals surface area contributed by atoms with Gasteiger partial charge in [0.05, 0.1) is 10.6 Å². The number of rotatable bonds is 6. The van der Waals surface area contributed by atoms with Gasteiger partial charge in [0, 0.05) is 10.6 Å². The number of benzene rings is 2. The summed E-state index contributed by atoms with van der Waals surface area (Å²) >= 11 is 1.47. The van der Waals surface area contributed by atoms with Crippen LogP contribution in [0.4, 0.5) is 10.1 Å². The Balaban J connectivity index is 2.30. The zero-order chi connectivity index (χ0) is 15.3. The third-order valence-electron chi connectivity index (χ3n) is 2.59. The minimum atomic E-state index is -3.81. The molecule has 2 rings (SSSR count). The van der Waals surface area contributed by atoms with E-state index in [2.05, 4.69) is 11.3 Å². The van der Waals surface area contributed by atoms with Crippen molar-refractivity contribution in [1.29, 1.82) is 0 Å². The predicted octanol–water partition coefficient (Wildman–Crippen LogP) is 3.90. The summed E-state index contributed by atoms with van der Waals surface area (Å²) < 4.78 is 40.2. The van der Waals surface area contributed by atoms with Crippen LogP contribution in [0.1, 0.15) is 0 Å². The molecule has 0 aliphatic rings. The summed E-state index contributed by atoms with van der Waals surface area (Å²) in [5.41, 5.74) is 0.466. The van der Waals surface area contributed by atoms with Crippen molar-refractivity contribution in [2.75, 3.05) is 10.5 Å². The highest BCUT2D eigenvalue weighted by Crippen LogP contribution is 2.28. The average molecular weight is 323 g/mol. The number of nitrogens with one attached hydrogen (secondary N) is 1. The van der Waals surface area contributed by atoms with E-state index in [-0.39, 0.29) is 4.90 Å². The second-order valence-electron chi connectivity index (χ2n) is 4.16. The Morgan fingerprint density at radius 1 is 1.19 bits per heavy atom. The number of sulfonamides is 1. The van der Waals surface area contributed by atoms with Crippen molar-refractivity contribution in [2.45, 2.75) is 9.79 Å². The van der Waals surface area contributed by atoms with Crippen LogP contribution < -0.4 is 4.72 Å². The van der Waals surface area contributed by atoms with E-state index in [0.717, 1.165) is 11.0 Å². The van der Waals surface area contributed by atoms with E-state index >= 15 is 0 Å². The Morgan fingerprint density at radius 2 is 1.95 bits per heavy atom. The average Bonchev–Trinajstić information content (AvgIpc) is 2.46. The first-order valence-corrected chi connectivity index (χ1v) is 8.61. The van der Waals surface area contributed by atoms with Gasteiger partial charge in [-0.1, -0.05) is 24.3 Å². The molecule has 0 aliphatic carbocycles. The maximum Gasteiger partial charge on any atom is 0.262 e. The van der Waals surface area contributed by atoms with Crippen LogP contribution in [0.15, 0.2) is 71.0 Å². The molecule has 2 aromatic rings. The van der Waals surface area contributed by atoms with Crippen molar-refractivity contribution < 1.29 is 12.8 Å². The van der Waals surface area contributed by atoms with E-state index in [0.29, 0.717) is 11.4 Å². The van der Waals surface area contributed by atoms with E-state index in [1.165, 1.54) is 30.0 Å². The number of hydrogen-bond acceptors (Lipinski definition) is 3. The normalized spacial score (nSPS) is 11.1. The smallest absolute Gasteiger partial charge is 0.262 e. The molecule has 110 valence electrons. The molecule has 0 unspecified atom stereocenters. The molecular weight excluding hydrogens is 309 g/mol. The van der Waals surface area contributed by atoms with Gasteiger partial charge in [0.2, 0.25) is 0 Å². The summed E-state index contributed by atoms with van der Waals surface area (Å²) in [6.07, 6.45) is 1.74. The maximum atomic E-state index is 13.2. The summed E-state index contributed by atoms with van der Waals surface area (Å²) in [4.78, 5) is 0.684. The highest BCUT2D eigenvalue weighted by atomic mass is 32.2. The van der Waals surface area contributed by atoms with Gasteiger partial charge < -0.3 is 0 Å². The second-order valence-corrected chi connectivity index (χ2v) is 6.90. The van der Waals surface area contributed by atoms with Crippen LogP contribution in [0.3, 0.4) is 0 Å². The van der Waals surface area contributed by atoms with Crippen LogP contribution >= 0.6 is 11.8 Å². The molecule has 0 saturated heterocycles. The molecule has 0 spiro atoms. The van der Waals surface area contributed by atoms with Gasteiger partial charge in [-0.25, -0.2) is 12.8 Å². The van der Waals surface area contributed by atoms with Crippen molar-refractivity contribution in [3.8, 4) is 0 Å². The molecule has 0 amide bonds. The third kappa shape index (κ3) is 4.09. The van der Waals surface area contributed by atoms with Gasteiger partial charge in [0.25, 0.3) is 10.0 Å². The van der Waals surface area contributed by atoms with E-state index in [1.807, 2.05) is 12.1 Å². The van der Waals surface area contributed by atoms with E-state index in [9.17, 15) is 12.8 Å². The van der Waals surface area contributed by atoms with Crippen LogP contribution in [0.5, 0.6) is 0 Å². The fourth-order valence-corrected chi connectivity index (χ4v) is 3.59. The second kappa shape index (κ2) is 6.78. The summed E-state index contributed by atoms with van der Waals surface area (Å²) in [5, 5.41) is 0. The lowest BCUT2D eigenvalue weighted by atomic mass is 10.3. The molecule has 0 fully saturated rings. The minimum absolute atomic E-state index is 0.106. The van der Waals surface area contributed by atoms with Crippen LogP contribution in [-0.4, -0.2) is 14.2 Å². The lowest BCUT2D eigenvalue weighted by molar-refractivity contribution is 0.595. The molecule has 0 atom stereocenters. The molecule has 2 aromatic carbocycles. The van der Waals surface area contributed by atoms with Crippen molar-refractivity contribution in [1.82, 2.24) is 0 Å². The molecule has 0 bridgehead atoms. The zero-order valence-corrected chi connectivity index (χ0v) is 12.8. The summed E-state index contributed by atoms with van der Waals surface area (Å²) in [6, 6.07) is 12.0. The van der Waals surface area contributed by atoms with Crippen LogP contribution in [0.25, 0.3) is 0 Å². The standard InChI is InChI=1S/C15H14FNO2S2/c1-2-10-20-15-9-4-3-8-14(15)17-21(18,19)13-7-5-6-12(16)11-13/h2-9,11,17H,1,10H2. The Bertz CT molecular complexity index is 745. The minimum Gasteiger partial charge on any atom is -0.278 e. The summed E-state index contributed by atoms with van der Waals surface area (Å²) in [6.45, 7) is 3.64. The molecule has 0 radical (unpaired) electrons. The zero-order valence-electron chi connectivity index (χ0n) is 11.1. The molecule has 0 heterocycles. The van der Waals surface area contributed by atoms with Gasteiger partial charge >= 0.3 is 0 Å². The van der Waals surface area contributed by atoms with Gasteiger partial charge in [-0.2, -0.15) is 0 Å². The fourth-order valence-electron chi connectivity index (χ4n) is 1.66. The molecule has 3 nitrogen and oxygen atoms in total. The Hall–Kier alpha value is -1.79. The Kier molecular flexibility index (Phi) is 5.03. The van der Waals surface area contributed by atoms with E-state index in [4.69, 9.17) is 0 Å². The molecule has 21 heavy (non-hydrogen) atoms. The maximum absolute atomic E-state index is 13.2. The third-order valence-corrected chi connectivity index (χ3v) is 5.03. The number of hydrogen-bond donors (Lipinski definition) is 1. The van der Waals surface area contributed by atoms with Crippen LogP contribution in [-0.2, 0) is 10.0 Å². The van der Waals surface area contributed by atoms with E-state index < -0.39 is 15.8 Å². The topological polar surface area (TPSA) is 46.2 Å². The summed E-state index contributed by atoms with van der Waals surface area (Å²) in [7, 11) is -3.81. The fraction of sp³-hybridized carbons (Fsp3) is 0.0667. The number of para-hydroxylation sites is 1. The lowest BCUT2D eigenvalue weighted by Gasteiger charge is -2.11. The molecule has 1 N–H and O–H groups in total. The van der Waals surface area contributed by atoms with Gasteiger partial charge in [-0.3, -0.25) is 4.72 Å². The van der Waals surface area contributed by atoms with E-state index in [1.54, 1.807) is 18.2 Å². The van der Waals surface area contributed by atoms with Crippen molar-refractivity contribution in [2.24, 2.45) is 0 Å². The van der Waals surface area contributed by atoms with Crippen LogP contribution in [0.2, 0.25) is 0 Å². The Labute approximate surface area is 127 Å². The molecule has 0 saturated carbocycles. The SMILES string of the molecule is C=CCSc1ccccc1NS(=O)(=O)c1cccc(F)c1. The quantitative estimate of drug-likeness (QED) is 0.648. The Morgan fingerprint density at radius 3 is 2.67 bits per heavy atom. The first-order chi connectivity index (χ1) is 10.0. The number of halogens is 1. The first-order valence-electron chi connectivity index (χ1n) is 6.14. The van der Waals surface area contributed by atoms with Crippen LogP contribution in [0, 0.1) is 5.82 Å². The number of anilines is 1. The number of thioether (sulfide) groups is 1. The molecule has 0 aliphatic heterocycles. The van der Waals surface area contributed by atoms with Gasteiger partial charge in [-0.05, 0) is 30.3 Å². The largest absolute Gasteiger partial charge is 0.278 e. The van der Waals surface area contributed by atoms with Crippen molar-refractivity contribution in [3.63, 3.8) is 0 Å². The molecule has 6 heteroatoms. The van der Waals surface area contributed by atoms with Crippen molar-refractivity contribution >= 4 is 27.5 Å². The highest BCUT2D eigenvalue weighted by Gasteiger charge is 2.16. The molecular formula is C15H14FNO2S2. The molecule has 0 aromatic heterocycles. The monoisotopic (exact) mass is 323 g/mol. The summed E-state index contributed by atoms with van der Waals surface area (Å²) in [5.74, 6) is 0.0748. The first kappa shape index (κ1) is 15.6. The van der Waals surface area contributed by atoms with Crippen molar-refractivity contribution in [3.05, 3.63) is 67.0 Å². The van der Waals surface area contributed by atoms with Gasteiger partial charge in [0.15, 0.2) is 0 Å². The van der Waals surface area contributed by atoms with Gasteiger partial charge in [-0.15, -0.1) is 18.3 Å².